The van der Waals surface area contributed by atoms with E-state index in [1.807, 2.05) is 0 Å². The van der Waals surface area contributed by atoms with Crippen LogP contribution in [0, 0.1) is 11.6 Å². The first kappa shape index (κ1) is 22.2. The van der Waals surface area contributed by atoms with Gasteiger partial charge in [-0.05, 0) is 51.8 Å². The van der Waals surface area contributed by atoms with Crippen LogP contribution in [0.2, 0.25) is 5.02 Å². The lowest BCUT2D eigenvalue weighted by Gasteiger charge is -2.13. The molecule has 0 radical (unpaired) electrons. The van der Waals surface area contributed by atoms with E-state index in [4.69, 9.17) is 21.1 Å². The maximum atomic E-state index is 14.4. The van der Waals surface area contributed by atoms with Gasteiger partial charge in [0.05, 0.1) is 10.6 Å². The molecule has 0 saturated carbocycles. The van der Waals surface area contributed by atoms with Crippen molar-refractivity contribution in [3.05, 3.63) is 75.1 Å². The Morgan fingerprint density at radius 1 is 1.03 bits per heavy atom. The van der Waals surface area contributed by atoms with Crippen molar-refractivity contribution in [1.29, 1.82) is 0 Å². The molecule has 0 amide bonds. The zero-order valence-corrected chi connectivity index (χ0v) is 17.8. The molecule has 0 aliphatic carbocycles. The molecule has 4 rings (SSSR count). The molecule has 4 aromatic rings. The molecular weight excluding hydrogens is 527 g/mol. The molecule has 0 bridgehead atoms. The fourth-order valence-corrected chi connectivity index (χ4v) is 3.26. The Labute approximate surface area is 189 Å². The summed E-state index contributed by atoms with van der Waals surface area (Å²) in [5.74, 6) is -3.16. The molecule has 2 heterocycles. The Balaban J connectivity index is 1.51. The van der Waals surface area contributed by atoms with Gasteiger partial charge in [0.2, 0.25) is 10.6 Å². The Bertz CT molecular complexity index is 1290. The molecule has 0 saturated heterocycles. The second kappa shape index (κ2) is 8.51. The maximum Gasteiger partial charge on any atom is 0.417 e. The van der Waals surface area contributed by atoms with Crippen LogP contribution in [-0.2, 0) is 12.8 Å². The lowest BCUT2D eigenvalue weighted by molar-refractivity contribution is -0.137. The third-order valence-electron chi connectivity index (χ3n) is 4.12. The fraction of sp³-hybridized carbons (Fsp3) is 0.105. The maximum absolute atomic E-state index is 14.4. The van der Waals surface area contributed by atoms with Gasteiger partial charge in [-0.2, -0.15) is 18.2 Å². The van der Waals surface area contributed by atoms with Crippen LogP contribution in [0.4, 0.5) is 22.0 Å². The first-order chi connectivity index (χ1) is 15.1. The molecule has 2 aromatic heterocycles. The zero-order chi connectivity index (χ0) is 23.0. The minimum atomic E-state index is -4.76. The molecular formula is C19H9BrClF5N4O2. The second-order valence-corrected chi connectivity index (χ2v) is 7.44. The van der Waals surface area contributed by atoms with E-state index in [-0.39, 0.29) is 23.8 Å². The Morgan fingerprint density at radius 2 is 1.75 bits per heavy atom. The van der Waals surface area contributed by atoms with Crippen LogP contribution in [-0.4, -0.2) is 19.6 Å². The number of halogens is 7. The van der Waals surface area contributed by atoms with Crippen LogP contribution in [0.3, 0.4) is 0 Å². The number of ether oxygens (including phenoxy) is 2. The third-order valence-corrected chi connectivity index (χ3v) is 4.99. The molecule has 13 heteroatoms. The Kier molecular flexibility index (Phi) is 5.91. The molecule has 0 spiro atoms. The summed E-state index contributed by atoms with van der Waals surface area (Å²) in [4.78, 5) is 4.09. The van der Waals surface area contributed by atoms with Crippen molar-refractivity contribution >= 4 is 33.3 Å². The first-order valence-electron chi connectivity index (χ1n) is 8.64. The van der Waals surface area contributed by atoms with Gasteiger partial charge in [-0.25, -0.2) is 8.78 Å². The van der Waals surface area contributed by atoms with Crippen molar-refractivity contribution in [2.45, 2.75) is 12.8 Å². The van der Waals surface area contributed by atoms with Crippen molar-refractivity contribution in [3.63, 3.8) is 0 Å². The number of benzene rings is 2. The van der Waals surface area contributed by atoms with Crippen LogP contribution < -0.4 is 9.47 Å². The van der Waals surface area contributed by atoms with Gasteiger partial charge in [0.25, 0.3) is 5.78 Å². The van der Waals surface area contributed by atoms with Gasteiger partial charge in [0.15, 0.2) is 17.4 Å². The van der Waals surface area contributed by atoms with Gasteiger partial charge in [0.1, 0.15) is 12.4 Å². The highest BCUT2D eigenvalue weighted by atomic mass is 79.9. The van der Waals surface area contributed by atoms with Crippen LogP contribution in [0.5, 0.6) is 17.4 Å². The number of nitrogens with zero attached hydrogens (tertiary/aromatic N) is 4. The highest BCUT2D eigenvalue weighted by Crippen LogP contribution is 2.38. The van der Waals surface area contributed by atoms with Crippen molar-refractivity contribution < 1.29 is 31.4 Å². The minimum Gasteiger partial charge on any atom is -0.473 e. The van der Waals surface area contributed by atoms with E-state index in [2.05, 4.69) is 31.1 Å². The van der Waals surface area contributed by atoms with E-state index >= 15 is 0 Å². The summed E-state index contributed by atoms with van der Waals surface area (Å²) in [5, 5.41) is 7.01. The van der Waals surface area contributed by atoms with Gasteiger partial charge in [-0.1, -0.05) is 11.6 Å². The smallest absolute Gasteiger partial charge is 0.417 e. The van der Waals surface area contributed by atoms with Gasteiger partial charge in [-0.3, -0.25) is 4.40 Å². The zero-order valence-electron chi connectivity index (χ0n) is 15.5. The van der Waals surface area contributed by atoms with Gasteiger partial charge >= 0.3 is 6.18 Å². The number of fused-ring (bicyclic) bond motifs is 1. The quantitative estimate of drug-likeness (QED) is 0.285. The van der Waals surface area contributed by atoms with Crippen LogP contribution in [0.25, 0.3) is 5.78 Å². The third kappa shape index (κ3) is 4.60. The predicted molar refractivity (Wildman–Crippen MR) is 106 cm³/mol. The van der Waals surface area contributed by atoms with Crippen LogP contribution in [0.1, 0.15) is 11.1 Å². The summed E-state index contributed by atoms with van der Waals surface area (Å²) in [6, 6.07) is 5.93. The topological polar surface area (TPSA) is 61.5 Å². The molecule has 0 N–H and O–H groups in total. The number of aromatic nitrogens is 4. The monoisotopic (exact) mass is 534 g/mol. The summed E-state index contributed by atoms with van der Waals surface area (Å²) in [7, 11) is 0. The summed E-state index contributed by atoms with van der Waals surface area (Å²) in [5.41, 5.74) is -1.09. The molecule has 166 valence electrons. The molecule has 0 fully saturated rings. The predicted octanol–water partition coefficient (Wildman–Crippen LogP) is 6.21. The average molecular weight is 536 g/mol. The summed E-state index contributed by atoms with van der Waals surface area (Å²) in [6.45, 7) is -0.244. The molecule has 0 unspecified atom stereocenters. The molecule has 2 aromatic carbocycles. The standard InChI is InChI=1S/C19H9BrClF5N4O2/c20-17-28-29-18-27-15(3-4-30(17)18)31-8-9-5-13(22)16(14(23)6-9)32-10-1-2-12(21)11(7-10)19(24,25)26/h1-7H,8H2. The van der Waals surface area contributed by atoms with E-state index in [9.17, 15) is 22.0 Å². The SMILES string of the molecule is Fc1cc(COc2ccn3c(Br)nnc3n2)cc(F)c1Oc1ccc(Cl)c(C(F)(F)F)c1. The number of hydrogen-bond acceptors (Lipinski definition) is 5. The fourth-order valence-electron chi connectivity index (χ4n) is 2.68. The lowest BCUT2D eigenvalue weighted by atomic mass is 10.2. The molecule has 6 nitrogen and oxygen atoms in total. The van der Waals surface area contributed by atoms with Crippen molar-refractivity contribution in [2.24, 2.45) is 0 Å². The normalized spacial score (nSPS) is 11.7. The van der Waals surface area contributed by atoms with Gasteiger partial charge in [-0.15, -0.1) is 10.2 Å². The molecule has 32 heavy (non-hydrogen) atoms. The van der Waals surface area contributed by atoms with E-state index < -0.39 is 39.9 Å². The van der Waals surface area contributed by atoms with Gasteiger partial charge < -0.3 is 9.47 Å². The van der Waals surface area contributed by atoms with Crippen molar-refractivity contribution in [3.8, 4) is 17.4 Å². The van der Waals surface area contributed by atoms with E-state index in [0.717, 1.165) is 24.3 Å². The van der Waals surface area contributed by atoms with Gasteiger partial charge in [0, 0.05) is 12.3 Å². The Hall–Kier alpha value is -2.99. The van der Waals surface area contributed by atoms with E-state index in [1.165, 1.54) is 6.07 Å². The minimum absolute atomic E-state index is 0.101. The first-order valence-corrected chi connectivity index (χ1v) is 9.81. The van der Waals surface area contributed by atoms with Crippen LogP contribution >= 0.6 is 27.5 Å². The number of rotatable bonds is 5. The average Bonchev–Trinajstić information content (AvgIpc) is 3.09. The largest absolute Gasteiger partial charge is 0.473 e. The van der Waals surface area contributed by atoms with Crippen molar-refractivity contribution in [2.75, 3.05) is 0 Å². The Morgan fingerprint density at radius 3 is 2.44 bits per heavy atom. The van der Waals surface area contributed by atoms with Crippen molar-refractivity contribution in [1.82, 2.24) is 19.6 Å². The molecule has 0 aliphatic heterocycles. The lowest BCUT2D eigenvalue weighted by Crippen LogP contribution is -2.06. The summed E-state index contributed by atoms with van der Waals surface area (Å²) < 4.78 is 80.2. The van der Waals surface area contributed by atoms with E-state index in [0.29, 0.717) is 10.8 Å². The number of alkyl halides is 3. The highest BCUT2D eigenvalue weighted by molar-refractivity contribution is 9.10. The number of hydrogen-bond donors (Lipinski definition) is 0. The van der Waals surface area contributed by atoms with Crippen LogP contribution in [0.15, 0.2) is 47.3 Å². The van der Waals surface area contributed by atoms with E-state index in [1.54, 1.807) is 10.6 Å². The highest BCUT2D eigenvalue weighted by Gasteiger charge is 2.33. The summed E-state index contributed by atoms with van der Waals surface area (Å²) in [6.07, 6.45) is -3.17. The molecule has 0 aliphatic rings. The molecule has 0 atom stereocenters. The summed E-state index contributed by atoms with van der Waals surface area (Å²) >= 11 is 8.71. The second-order valence-electron chi connectivity index (χ2n) is 6.32.